The maximum Gasteiger partial charge on any atom is 0.422 e. The fourth-order valence-electron chi connectivity index (χ4n) is 3.61. The third-order valence-corrected chi connectivity index (χ3v) is 4.64. The van der Waals surface area contributed by atoms with Crippen LogP contribution in [0.5, 0.6) is 0 Å². The van der Waals surface area contributed by atoms with Crippen LogP contribution in [-0.4, -0.2) is 37.0 Å². The van der Waals surface area contributed by atoms with Gasteiger partial charge in [-0.25, -0.2) is 9.69 Å². The summed E-state index contributed by atoms with van der Waals surface area (Å²) in [5, 5.41) is 0. The van der Waals surface area contributed by atoms with E-state index in [0.29, 0.717) is 0 Å². The van der Waals surface area contributed by atoms with Crippen molar-refractivity contribution in [2.24, 2.45) is 0 Å². The molecule has 0 radical (unpaired) electrons. The van der Waals surface area contributed by atoms with E-state index in [1.54, 1.807) is 6.08 Å². The zero-order valence-corrected chi connectivity index (χ0v) is 12.6. The van der Waals surface area contributed by atoms with E-state index in [-0.39, 0.29) is 11.7 Å². The van der Waals surface area contributed by atoms with Gasteiger partial charge in [-0.15, -0.1) is 0 Å². The Morgan fingerprint density at radius 1 is 1.09 bits per heavy atom. The molecule has 0 bridgehead atoms. The van der Waals surface area contributed by atoms with Crippen LogP contribution < -0.4 is 4.90 Å². The Morgan fingerprint density at radius 2 is 1.73 bits per heavy atom. The van der Waals surface area contributed by atoms with Gasteiger partial charge >= 0.3 is 6.09 Å². The van der Waals surface area contributed by atoms with Gasteiger partial charge in [0.2, 0.25) is 0 Å². The second-order valence-electron chi connectivity index (χ2n) is 6.12. The summed E-state index contributed by atoms with van der Waals surface area (Å²) >= 11 is 0. The van der Waals surface area contributed by atoms with Crippen molar-refractivity contribution in [3.63, 3.8) is 0 Å². The molecular weight excluding hydrogens is 280 g/mol. The lowest BCUT2D eigenvalue weighted by Gasteiger charge is -2.37. The molecule has 0 aromatic heterocycles. The molecule has 3 aliphatic heterocycles. The minimum absolute atomic E-state index is 0.114. The van der Waals surface area contributed by atoms with Crippen LogP contribution in [0.25, 0.3) is 6.08 Å². The monoisotopic (exact) mass is 298 g/mol. The van der Waals surface area contributed by atoms with Gasteiger partial charge in [0.1, 0.15) is 0 Å². The first kappa shape index (κ1) is 13.4. The van der Waals surface area contributed by atoms with Crippen LogP contribution in [0.1, 0.15) is 29.5 Å². The van der Waals surface area contributed by atoms with Crippen LogP contribution >= 0.6 is 0 Å². The summed E-state index contributed by atoms with van der Waals surface area (Å²) in [6.45, 7) is 2.28. The fraction of sp³-hybridized carbons (Fsp3) is 0.412. The second kappa shape index (κ2) is 4.87. The van der Waals surface area contributed by atoms with Gasteiger partial charge < -0.3 is 9.64 Å². The molecule has 0 saturated carbocycles. The summed E-state index contributed by atoms with van der Waals surface area (Å²) in [5.74, 6) is -0.263. The zero-order valence-electron chi connectivity index (χ0n) is 12.6. The van der Waals surface area contributed by atoms with Gasteiger partial charge in [-0.05, 0) is 60.6 Å². The quantitative estimate of drug-likeness (QED) is 0.747. The summed E-state index contributed by atoms with van der Waals surface area (Å²) in [6, 6.07) is 4.26. The highest BCUT2D eigenvalue weighted by Crippen LogP contribution is 2.36. The van der Waals surface area contributed by atoms with E-state index in [0.717, 1.165) is 36.4 Å². The number of rotatable bonds is 1. The van der Waals surface area contributed by atoms with Crippen molar-refractivity contribution in [2.45, 2.75) is 25.7 Å². The van der Waals surface area contributed by atoms with Crippen molar-refractivity contribution in [3.8, 4) is 0 Å². The number of cyclic esters (lactones) is 1. The molecule has 2 amide bonds. The Labute approximate surface area is 129 Å². The molecule has 0 N–H and O–H groups in total. The van der Waals surface area contributed by atoms with Gasteiger partial charge in [0.05, 0.1) is 0 Å². The topological polar surface area (TPSA) is 49.9 Å². The van der Waals surface area contributed by atoms with Crippen molar-refractivity contribution >= 4 is 23.8 Å². The van der Waals surface area contributed by atoms with Gasteiger partial charge in [-0.2, -0.15) is 0 Å². The lowest BCUT2D eigenvalue weighted by molar-refractivity contribution is -0.122. The molecular formula is C17H18N2O3. The van der Waals surface area contributed by atoms with Crippen LogP contribution in [0.3, 0.4) is 0 Å². The summed E-state index contributed by atoms with van der Waals surface area (Å²) < 4.78 is 5.03. The standard InChI is InChI=1S/C17H18N2O3/c1-18-16(20)14(22-17(18)21)10-11-8-12-4-2-6-19-7-3-5-13(9-11)15(12)19/h8-10H,2-7H2,1H3/b14-10+. The maximum atomic E-state index is 11.9. The summed E-state index contributed by atoms with van der Waals surface area (Å²) in [4.78, 5) is 26.8. The van der Waals surface area contributed by atoms with Crippen molar-refractivity contribution in [3.05, 3.63) is 34.6 Å². The molecule has 0 spiro atoms. The van der Waals surface area contributed by atoms with Crippen molar-refractivity contribution in [1.29, 1.82) is 0 Å². The maximum absolute atomic E-state index is 11.9. The number of nitrogens with zero attached hydrogens (tertiary/aromatic N) is 2. The molecule has 114 valence electrons. The molecule has 1 aromatic rings. The third-order valence-electron chi connectivity index (χ3n) is 4.64. The average Bonchev–Trinajstić information content (AvgIpc) is 2.75. The predicted octanol–water partition coefficient (Wildman–Crippen LogP) is 2.33. The molecule has 3 heterocycles. The summed E-state index contributed by atoms with van der Waals surface area (Å²) in [7, 11) is 1.43. The van der Waals surface area contributed by atoms with E-state index in [2.05, 4.69) is 17.0 Å². The lowest BCUT2D eigenvalue weighted by Crippen LogP contribution is -2.34. The average molecular weight is 298 g/mol. The molecule has 5 heteroatoms. The van der Waals surface area contributed by atoms with Crippen molar-refractivity contribution < 1.29 is 14.3 Å². The molecule has 5 nitrogen and oxygen atoms in total. The molecule has 0 aliphatic carbocycles. The molecule has 22 heavy (non-hydrogen) atoms. The van der Waals surface area contributed by atoms with Crippen LogP contribution in [0.2, 0.25) is 0 Å². The van der Waals surface area contributed by atoms with Crippen LogP contribution in [0.4, 0.5) is 10.5 Å². The molecule has 0 unspecified atom stereocenters. The van der Waals surface area contributed by atoms with E-state index >= 15 is 0 Å². The Hall–Kier alpha value is -2.30. The highest BCUT2D eigenvalue weighted by atomic mass is 16.6. The van der Waals surface area contributed by atoms with Gasteiger partial charge in [0.15, 0.2) is 5.76 Å². The fourth-order valence-corrected chi connectivity index (χ4v) is 3.61. The minimum Gasteiger partial charge on any atom is -0.404 e. The van der Waals surface area contributed by atoms with E-state index in [1.807, 2.05) is 0 Å². The molecule has 1 fully saturated rings. The molecule has 3 aliphatic rings. The number of carbonyl (C=O) groups excluding carboxylic acids is 2. The molecule has 0 atom stereocenters. The number of hydrogen-bond acceptors (Lipinski definition) is 4. The van der Waals surface area contributed by atoms with Crippen molar-refractivity contribution in [1.82, 2.24) is 4.90 Å². The number of likely N-dealkylation sites (N-methyl/N-ethyl adjacent to an activating group) is 1. The second-order valence-corrected chi connectivity index (χ2v) is 6.12. The highest BCUT2D eigenvalue weighted by molar-refractivity contribution is 6.09. The van der Waals surface area contributed by atoms with Crippen LogP contribution in [0.15, 0.2) is 17.9 Å². The number of hydrogen-bond donors (Lipinski definition) is 0. The largest absolute Gasteiger partial charge is 0.422 e. The Balaban J connectivity index is 1.75. The minimum atomic E-state index is -0.610. The Morgan fingerprint density at radius 3 is 2.27 bits per heavy atom. The SMILES string of the molecule is CN1C(=O)O/C(=C/c2cc3c4c(c2)CCCN4CCC3)C1=O. The summed E-state index contributed by atoms with van der Waals surface area (Å²) in [6.07, 6.45) is 5.56. The van der Waals surface area contributed by atoms with E-state index in [9.17, 15) is 9.59 Å². The number of anilines is 1. The first-order valence-electron chi connectivity index (χ1n) is 7.76. The molecule has 1 saturated heterocycles. The van der Waals surface area contributed by atoms with E-state index in [4.69, 9.17) is 4.74 Å². The van der Waals surface area contributed by atoms with Crippen molar-refractivity contribution in [2.75, 3.05) is 25.0 Å². The van der Waals surface area contributed by atoms with Crippen LogP contribution in [-0.2, 0) is 22.4 Å². The normalized spacial score (nSPS) is 22.1. The number of ether oxygens (including phenoxy) is 1. The Kier molecular flexibility index (Phi) is 2.96. The number of amides is 2. The van der Waals surface area contributed by atoms with Gasteiger partial charge in [0, 0.05) is 25.8 Å². The van der Waals surface area contributed by atoms with Crippen LogP contribution in [0, 0.1) is 0 Å². The lowest BCUT2D eigenvalue weighted by atomic mass is 9.90. The first-order valence-corrected chi connectivity index (χ1v) is 7.76. The number of benzene rings is 1. The van der Waals surface area contributed by atoms with Gasteiger partial charge in [-0.1, -0.05) is 0 Å². The van der Waals surface area contributed by atoms with E-state index < -0.39 is 6.09 Å². The Bertz CT molecular complexity index is 677. The first-order chi connectivity index (χ1) is 10.6. The third kappa shape index (κ3) is 2.00. The molecule has 4 rings (SSSR count). The number of aryl methyl sites for hydroxylation is 2. The van der Waals surface area contributed by atoms with Gasteiger partial charge in [-0.3, -0.25) is 4.79 Å². The number of carbonyl (C=O) groups is 2. The predicted molar refractivity (Wildman–Crippen MR) is 82.5 cm³/mol. The van der Waals surface area contributed by atoms with E-state index in [1.165, 1.54) is 36.7 Å². The number of imide groups is 1. The highest BCUT2D eigenvalue weighted by Gasteiger charge is 2.33. The zero-order chi connectivity index (χ0) is 15.3. The van der Waals surface area contributed by atoms with Gasteiger partial charge in [0.25, 0.3) is 5.91 Å². The summed E-state index contributed by atoms with van der Waals surface area (Å²) in [5.41, 5.74) is 5.04. The smallest absolute Gasteiger partial charge is 0.404 e. The molecule has 1 aromatic carbocycles.